The number of carbonyl (C=O) groups excluding carboxylic acids is 9. The van der Waals surface area contributed by atoms with Gasteiger partial charge in [0.2, 0.25) is 47.3 Å². The first kappa shape index (κ1) is 63.6. The minimum Gasteiger partial charge on any atom is -0.508 e. The fourth-order valence-corrected chi connectivity index (χ4v) is 11.0. The molecule has 1 unspecified atom stereocenters. The van der Waals surface area contributed by atoms with Crippen molar-refractivity contribution in [2.24, 2.45) is 34.3 Å². The van der Waals surface area contributed by atoms with E-state index in [1.165, 1.54) is 36.4 Å². The van der Waals surface area contributed by atoms with Crippen LogP contribution in [0, 0.1) is 11.3 Å². The molecule has 0 radical (unpaired) electrons. The van der Waals surface area contributed by atoms with E-state index in [0.29, 0.717) is 40.1 Å². The predicted octanol–water partition coefficient (Wildman–Crippen LogP) is 1.99. The topological polar surface area (TPSA) is 370 Å². The monoisotopic (exact) mass is 1160 g/mol. The molecule has 21 nitrogen and oxygen atoms in total. The molecule has 0 saturated carbocycles. The van der Waals surface area contributed by atoms with Gasteiger partial charge in [-0.2, -0.15) is 0 Å². The largest absolute Gasteiger partial charge is 0.508 e. The lowest BCUT2D eigenvalue weighted by Crippen LogP contribution is -2.62. The molecule has 5 rings (SSSR count). The number of rotatable bonds is 18. The number of halogens is 1. The molecule has 1 saturated heterocycles. The molecule has 430 valence electrons. The van der Waals surface area contributed by atoms with E-state index in [9.17, 15) is 53.4 Å². The van der Waals surface area contributed by atoms with Gasteiger partial charge in [0.05, 0.1) is 12.1 Å². The van der Waals surface area contributed by atoms with E-state index in [-0.39, 0.29) is 67.2 Å². The zero-order chi connectivity index (χ0) is 58.7. The second-order valence-electron chi connectivity index (χ2n) is 20.7. The summed E-state index contributed by atoms with van der Waals surface area (Å²) in [5.74, 6) is -8.62. The van der Waals surface area contributed by atoms with Crippen molar-refractivity contribution in [3.8, 4) is 11.5 Å². The van der Waals surface area contributed by atoms with Crippen molar-refractivity contribution in [1.29, 1.82) is 0 Å². The predicted molar refractivity (Wildman–Crippen MR) is 307 cm³/mol. The van der Waals surface area contributed by atoms with Gasteiger partial charge in [-0.1, -0.05) is 102 Å². The Kier molecular flexibility index (Phi) is 24.2. The summed E-state index contributed by atoms with van der Waals surface area (Å²) in [6.07, 6.45) is 0.0142. The number of hydrogen-bond acceptors (Lipinski definition) is 15. The summed E-state index contributed by atoms with van der Waals surface area (Å²) >= 11 is 6.09. The van der Waals surface area contributed by atoms with Gasteiger partial charge in [0.25, 0.3) is 0 Å². The maximum absolute atomic E-state index is 14.8. The SMILES string of the molecule is CC(C)(C)[C@@H]1NC(=O)[C@H](CCCCN)NC(=O)[C@@H](Cc2ccc(C(N)=O)cc2)NC(=O)[C@H](Cc2ccc(O)cc2)CC(=O)[C@H](NC(=O)[C@@H](N)Cc2ccc(Cl)cc2)CSSC[C@@H](C(=O)NC(Cc2ccc(O)cc2)C(N)=O)NC1=O. The van der Waals surface area contributed by atoms with Crippen LogP contribution in [0.15, 0.2) is 97.1 Å². The molecular formula is C56H71ClN10O11S2. The maximum Gasteiger partial charge on any atom is 0.248 e. The fourth-order valence-electron chi connectivity index (χ4n) is 8.55. The Hall–Kier alpha value is -7.18. The van der Waals surface area contributed by atoms with Crippen molar-refractivity contribution in [3.05, 3.63) is 130 Å². The third-order valence-corrected chi connectivity index (χ3v) is 15.8. The third kappa shape index (κ3) is 20.2. The van der Waals surface area contributed by atoms with Gasteiger partial charge in [0.1, 0.15) is 41.7 Å². The molecule has 0 aromatic heterocycles. The number of unbranched alkanes of at least 4 members (excludes halogenated alkanes) is 1. The normalized spacial score (nSPS) is 20.9. The summed E-state index contributed by atoms with van der Waals surface area (Å²) < 4.78 is 0. The second-order valence-corrected chi connectivity index (χ2v) is 23.7. The molecule has 8 atom stereocenters. The van der Waals surface area contributed by atoms with Crippen molar-refractivity contribution >= 4 is 86.2 Å². The van der Waals surface area contributed by atoms with E-state index in [4.69, 9.17) is 34.5 Å². The number of ketones is 1. The number of phenols is 2. The van der Waals surface area contributed by atoms with Crippen LogP contribution in [-0.2, 0) is 64.0 Å². The van der Waals surface area contributed by atoms with E-state index in [1.54, 1.807) is 81.4 Å². The number of amides is 8. The highest BCUT2D eigenvalue weighted by molar-refractivity contribution is 8.76. The molecule has 0 bridgehead atoms. The molecule has 0 spiro atoms. The number of benzene rings is 4. The van der Waals surface area contributed by atoms with Crippen LogP contribution < -0.4 is 54.8 Å². The summed E-state index contributed by atoms with van der Waals surface area (Å²) in [4.78, 5) is 127. The molecule has 1 aliphatic rings. The van der Waals surface area contributed by atoms with Gasteiger partial charge in [-0.15, -0.1) is 0 Å². The van der Waals surface area contributed by atoms with Crippen LogP contribution >= 0.6 is 33.2 Å². The molecule has 1 aliphatic heterocycles. The Morgan fingerprint density at radius 2 is 1.21 bits per heavy atom. The highest BCUT2D eigenvalue weighted by atomic mass is 35.5. The van der Waals surface area contributed by atoms with Gasteiger partial charge < -0.3 is 65.0 Å². The number of carbonyl (C=O) groups is 9. The Morgan fingerprint density at radius 1 is 0.675 bits per heavy atom. The van der Waals surface area contributed by atoms with Crippen LogP contribution in [0.3, 0.4) is 0 Å². The van der Waals surface area contributed by atoms with Crippen molar-refractivity contribution in [2.45, 2.75) is 114 Å². The summed E-state index contributed by atoms with van der Waals surface area (Å²) in [5.41, 5.74) is 24.9. The molecule has 80 heavy (non-hydrogen) atoms. The third-order valence-electron chi connectivity index (χ3n) is 13.2. The summed E-state index contributed by atoms with van der Waals surface area (Å²) in [6, 6.07) is 15.2. The van der Waals surface area contributed by atoms with Crippen molar-refractivity contribution in [2.75, 3.05) is 18.1 Å². The van der Waals surface area contributed by atoms with Crippen LogP contribution in [0.5, 0.6) is 11.5 Å². The van der Waals surface area contributed by atoms with Crippen LogP contribution in [0.1, 0.15) is 79.1 Å². The zero-order valence-corrected chi connectivity index (χ0v) is 47.1. The Balaban J connectivity index is 1.59. The zero-order valence-electron chi connectivity index (χ0n) is 44.7. The van der Waals surface area contributed by atoms with Crippen molar-refractivity contribution in [3.63, 3.8) is 0 Å². The molecule has 0 aliphatic carbocycles. The summed E-state index contributed by atoms with van der Waals surface area (Å²) in [6.45, 7) is 5.28. The Bertz CT molecular complexity index is 2800. The average molecular weight is 1160 g/mol. The minimum absolute atomic E-state index is 0.0305. The number of phenolic OH excluding ortho intramolecular Hbond substituents is 2. The van der Waals surface area contributed by atoms with Gasteiger partial charge in [-0.25, -0.2) is 0 Å². The molecule has 4 aromatic rings. The van der Waals surface area contributed by atoms with Crippen LogP contribution in [0.25, 0.3) is 0 Å². The van der Waals surface area contributed by atoms with Gasteiger partial charge in [0.15, 0.2) is 5.78 Å². The van der Waals surface area contributed by atoms with E-state index >= 15 is 0 Å². The number of nitrogens with two attached hydrogens (primary N) is 4. The standard InChI is InChI=1S/C56H71ClN10O11S2/c1-56(2,3)47-55(78)66-45(54(77)63-42(49(61)72)26-34-13-21-39(69)22-14-34)30-80-79-29-44(65-51(74)40(59)25-32-9-17-37(57)18-10-32)46(70)28-36(24-31-11-19-38(68)20-12-31)50(73)64-43(27-33-7-15-35(16-8-33)48(60)71)53(76)62-41(52(75)67-47)6-4-5-23-58/h7-22,36,40-45,47,68-69H,4-6,23-30,58-59H2,1-3H3,(H2,60,71)(H2,61,72)(H,62,76)(H,63,77)(H,64,73)(H,65,74)(H,66,78)(H,67,75)/t36-,40+,41+,42?,43-,44-,45+,47-/m1/s1. The molecule has 24 heteroatoms. The highest BCUT2D eigenvalue weighted by Crippen LogP contribution is 2.27. The lowest BCUT2D eigenvalue weighted by Gasteiger charge is -2.33. The van der Waals surface area contributed by atoms with Crippen molar-refractivity contribution in [1.82, 2.24) is 31.9 Å². The fraction of sp³-hybridized carbons (Fsp3) is 0.411. The smallest absolute Gasteiger partial charge is 0.248 e. The molecule has 8 amide bonds. The molecule has 16 N–H and O–H groups in total. The number of primary amides is 2. The lowest BCUT2D eigenvalue weighted by atomic mass is 9.85. The van der Waals surface area contributed by atoms with Crippen molar-refractivity contribution < 1.29 is 53.4 Å². The second kappa shape index (κ2) is 30.4. The quantitative estimate of drug-likeness (QED) is 0.0501. The Labute approximate surface area is 477 Å². The number of aromatic hydroxyl groups is 2. The van der Waals surface area contributed by atoms with Gasteiger partial charge in [-0.05, 0) is 115 Å². The lowest BCUT2D eigenvalue weighted by molar-refractivity contribution is -0.137. The minimum atomic E-state index is -1.43. The van der Waals surface area contributed by atoms with Gasteiger partial charge >= 0.3 is 0 Å². The first-order valence-electron chi connectivity index (χ1n) is 25.9. The molecule has 4 aromatic carbocycles. The van der Waals surface area contributed by atoms with Crippen LogP contribution in [0.4, 0.5) is 0 Å². The highest BCUT2D eigenvalue weighted by Gasteiger charge is 2.39. The first-order chi connectivity index (χ1) is 37.9. The maximum atomic E-state index is 14.8. The Morgan fingerprint density at radius 3 is 1.80 bits per heavy atom. The number of hydrogen-bond donors (Lipinski definition) is 12. The van der Waals surface area contributed by atoms with Crippen LogP contribution in [-0.4, -0.2) is 124 Å². The number of nitrogens with one attached hydrogen (secondary N) is 6. The molecule has 1 heterocycles. The number of Topliss-reactive ketones (excluding diaryl/α,β-unsaturated/α-hetero) is 1. The van der Waals surface area contributed by atoms with E-state index in [2.05, 4.69) is 31.9 Å². The molecular weight excluding hydrogens is 1090 g/mol. The van der Waals surface area contributed by atoms with E-state index in [0.717, 1.165) is 21.6 Å². The van der Waals surface area contributed by atoms with Gasteiger partial charge in [-0.3, -0.25) is 43.2 Å². The average Bonchev–Trinajstić information content (AvgIpc) is 3.41. The summed E-state index contributed by atoms with van der Waals surface area (Å²) in [7, 11) is 2.08. The van der Waals surface area contributed by atoms with Gasteiger partial charge in [0, 0.05) is 47.3 Å². The van der Waals surface area contributed by atoms with Crippen LogP contribution in [0.2, 0.25) is 5.02 Å². The first-order valence-corrected chi connectivity index (χ1v) is 28.8. The van der Waals surface area contributed by atoms with E-state index in [1.807, 2.05) is 0 Å². The summed E-state index contributed by atoms with van der Waals surface area (Å²) in [5, 5.41) is 36.9. The molecule has 1 fully saturated rings. The van der Waals surface area contributed by atoms with E-state index < -0.39 is 113 Å².